The Kier molecular flexibility index (Phi) is 5.95. The largest absolute Gasteiger partial charge is 0.337 e. The number of hydrogen-bond acceptors (Lipinski definition) is 3. The van der Waals surface area contributed by atoms with Gasteiger partial charge < -0.3 is 15.2 Å². The molecule has 2 amide bonds. The number of amides is 2. The number of rotatable bonds is 6. The summed E-state index contributed by atoms with van der Waals surface area (Å²) in [4.78, 5) is 21.5. The maximum atomic E-state index is 12.2. The molecule has 2 heterocycles. The molecule has 0 radical (unpaired) electrons. The average molecular weight is 420 g/mol. The number of nitrogens with one attached hydrogen (secondary N) is 2. The summed E-state index contributed by atoms with van der Waals surface area (Å²) in [5.74, 6) is 0.877. The van der Waals surface area contributed by atoms with Gasteiger partial charge in [0.05, 0.1) is 17.3 Å². The molecule has 4 rings (SSSR count). The summed E-state index contributed by atoms with van der Waals surface area (Å²) in [6.07, 6.45) is 2.35. The van der Waals surface area contributed by atoms with E-state index in [9.17, 15) is 4.79 Å². The van der Waals surface area contributed by atoms with Gasteiger partial charge in [-0.05, 0) is 36.8 Å². The maximum absolute atomic E-state index is 12.2. The third-order valence-corrected chi connectivity index (χ3v) is 5.13. The lowest BCUT2D eigenvalue weighted by molar-refractivity contribution is 0.252. The fourth-order valence-corrected chi connectivity index (χ4v) is 3.44. The van der Waals surface area contributed by atoms with E-state index in [1.807, 2.05) is 24.3 Å². The van der Waals surface area contributed by atoms with Crippen molar-refractivity contribution in [2.75, 3.05) is 11.9 Å². The Bertz CT molecular complexity index is 1170. The van der Waals surface area contributed by atoms with Crippen LogP contribution in [0.3, 0.4) is 0 Å². The zero-order chi connectivity index (χ0) is 20.9. The van der Waals surface area contributed by atoms with Crippen molar-refractivity contribution in [2.24, 2.45) is 0 Å². The van der Waals surface area contributed by atoms with Gasteiger partial charge >= 0.3 is 6.03 Å². The first-order valence-corrected chi connectivity index (χ1v) is 10.1. The molecule has 7 heteroatoms. The molecule has 0 fully saturated rings. The number of urea groups is 1. The number of benzene rings is 2. The Morgan fingerprint density at radius 3 is 2.67 bits per heavy atom. The second-order valence-corrected chi connectivity index (χ2v) is 7.46. The highest BCUT2D eigenvalue weighted by Gasteiger charge is 2.13. The number of para-hydroxylation sites is 1. The fraction of sp³-hybridized carbons (Fsp3) is 0.174. The van der Waals surface area contributed by atoms with E-state index in [0.717, 1.165) is 17.0 Å². The molecule has 2 aromatic carbocycles. The third-order valence-electron chi connectivity index (χ3n) is 4.80. The van der Waals surface area contributed by atoms with Crippen molar-refractivity contribution in [3.8, 4) is 0 Å². The first kappa shape index (κ1) is 19.9. The summed E-state index contributed by atoms with van der Waals surface area (Å²) in [5.41, 5.74) is 4.67. The summed E-state index contributed by atoms with van der Waals surface area (Å²) >= 11 is 6.09. The van der Waals surface area contributed by atoms with Crippen molar-refractivity contribution in [3.05, 3.63) is 88.8 Å². The van der Waals surface area contributed by atoms with Gasteiger partial charge in [0.15, 0.2) is 5.65 Å². The van der Waals surface area contributed by atoms with Gasteiger partial charge in [-0.3, -0.25) is 0 Å². The number of carbonyl (C=O) groups is 1. The number of imidazole rings is 1. The highest BCUT2D eigenvalue weighted by molar-refractivity contribution is 6.33. The van der Waals surface area contributed by atoms with E-state index in [1.165, 1.54) is 11.1 Å². The number of fused-ring (bicyclic) bond motifs is 1. The molecule has 0 saturated heterocycles. The molecule has 0 aliphatic carbocycles. The molecule has 2 N–H and O–H groups in total. The van der Waals surface area contributed by atoms with Gasteiger partial charge in [0.1, 0.15) is 11.3 Å². The minimum atomic E-state index is -0.303. The zero-order valence-electron chi connectivity index (χ0n) is 16.6. The molecule has 4 aromatic rings. The van der Waals surface area contributed by atoms with E-state index < -0.39 is 0 Å². The molecular formula is C23H22ClN5O. The van der Waals surface area contributed by atoms with Crippen LogP contribution in [0.2, 0.25) is 5.02 Å². The smallest absolute Gasteiger partial charge is 0.319 e. The van der Waals surface area contributed by atoms with Crippen molar-refractivity contribution < 1.29 is 4.79 Å². The summed E-state index contributed by atoms with van der Waals surface area (Å²) in [6, 6.07) is 19.1. The van der Waals surface area contributed by atoms with Crippen LogP contribution in [0.5, 0.6) is 0 Å². The van der Waals surface area contributed by atoms with Gasteiger partial charge in [0.25, 0.3) is 0 Å². The molecule has 6 nitrogen and oxygen atoms in total. The van der Waals surface area contributed by atoms with Crippen molar-refractivity contribution in [1.29, 1.82) is 0 Å². The number of carbonyl (C=O) groups excluding carboxylic acids is 1. The number of aryl methyl sites for hydroxylation is 1. The van der Waals surface area contributed by atoms with Crippen LogP contribution in [0, 0.1) is 6.92 Å². The Labute approximate surface area is 179 Å². The Morgan fingerprint density at radius 2 is 1.87 bits per heavy atom. The summed E-state index contributed by atoms with van der Waals surface area (Å²) in [5, 5.41) is 6.13. The van der Waals surface area contributed by atoms with Gasteiger partial charge in [0, 0.05) is 19.2 Å². The summed E-state index contributed by atoms with van der Waals surface area (Å²) < 4.78 is 2.10. The molecule has 0 spiro atoms. The van der Waals surface area contributed by atoms with E-state index in [0.29, 0.717) is 30.2 Å². The molecule has 2 aromatic heterocycles. The lowest BCUT2D eigenvalue weighted by Crippen LogP contribution is -2.31. The van der Waals surface area contributed by atoms with Crippen LogP contribution >= 0.6 is 11.6 Å². The topological polar surface area (TPSA) is 71.8 Å². The number of anilines is 1. The minimum absolute atomic E-state index is 0.303. The average Bonchev–Trinajstić information content (AvgIpc) is 3.09. The SMILES string of the molecule is Cc1ccc(Cn2c(CCNC(=O)Nc3ccccc3Cl)nc3cccnc32)cc1. The standard InChI is InChI=1S/C23H22ClN5O/c1-16-8-10-17(11-9-16)15-29-21(27-20-7-4-13-25-22(20)29)12-14-26-23(30)28-19-6-3-2-5-18(19)24/h2-11,13H,12,14-15H2,1H3,(H2,26,28,30). The van der Waals surface area contributed by atoms with Crippen LogP contribution in [0.1, 0.15) is 17.0 Å². The van der Waals surface area contributed by atoms with E-state index in [4.69, 9.17) is 16.6 Å². The van der Waals surface area contributed by atoms with E-state index in [-0.39, 0.29) is 6.03 Å². The van der Waals surface area contributed by atoms with Crippen LogP contribution in [0.15, 0.2) is 66.9 Å². The molecule has 0 bridgehead atoms. The fourth-order valence-electron chi connectivity index (χ4n) is 3.26. The minimum Gasteiger partial charge on any atom is -0.337 e. The quantitative estimate of drug-likeness (QED) is 0.471. The Hall–Kier alpha value is -3.38. The molecular weight excluding hydrogens is 398 g/mol. The molecule has 30 heavy (non-hydrogen) atoms. The lowest BCUT2D eigenvalue weighted by Gasteiger charge is -2.11. The summed E-state index contributed by atoms with van der Waals surface area (Å²) in [7, 11) is 0. The van der Waals surface area contributed by atoms with Crippen LogP contribution in [0.25, 0.3) is 11.2 Å². The van der Waals surface area contributed by atoms with Gasteiger partial charge in [-0.1, -0.05) is 53.6 Å². The molecule has 152 valence electrons. The number of nitrogens with zero attached hydrogens (tertiary/aromatic N) is 3. The number of aromatic nitrogens is 3. The van der Waals surface area contributed by atoms with Gasteiger partial charge in [-0.15, -0.1) is 0 Å². The molecule has 0 aliphatic rings. The predicted octanol–water partition coefficient (Wildman–Crippen LogP) is 4.81. The van der Waals surface area contributed by atoms with E-state index in [2.05, 4.69) is 51.4 Å². The number of pyridine rings is 1. The predicted molar refractivity (Wildman–Crippen MR) is 120 cm³/mol. The first-order chi connectivity index (χ1) is 14.6. The number of hydrogen-bond donors (Lipinski definition) is 2. The molecule has 0 saturated carbocycles. The normalized spacial score (nSPS) is 10.9. The molecule has 0 aliphatic heterocycles. The van der Waals surface area contributed by atoms with Crippen LogP contribution in [-0.4, -0.2) is 27.1 Å². The highest BCUT2D eigenvalue weighted by Crippen LogP contribution is 2.20. The Balaban J connectivity index is 1.46. The van der Waals surface area contributed by atoms with Crippen LogP contribution in [0.4, 0.5) is 10.5 Å². The monoisotopic (exact) mass is 419 g/mol. The van der Waals surface area contributed by atoms with Gasteiger partial charge in [-0.2, -0.15) is 0 Å². The van der Waals surface area contributed by atoms with Gasteiger partial charge in [-0.25, -0.2) is 14.8 Å². The highest BCUT2D eigenvalue weighted by atomic mass is 35.5. The van der Waals surface area contributed by atoms with Crippen LogP contribution in [-0.2, 0) is 13.0 Å². The zero-order valence-corrected chi connectivity index (χ0v) is 17.4. The van der Waals surface area contributed by atoms with Gasteiger partial charge in [0.2, 0.25) is 0 Å². The van der Waals surface area contributed by atoms with Crippen molar-refractivity contribution in [2.45, 2.75) is 19.9 Å². The lowest BCUT2D eigenvalue weighted by atomic mass is 10.1. The second kappa shape index (κ2) is 8.97. The Morgan fingerprint density at radius 1 is 1.07 bits per heavy atom. The number of halogens is 1. The third kappa shape index (κ3) is 4.60. The van der Waals surface area contributed by atoms with Crippen molar-refractivity contribution in [3.63, 3.8) is 0 Å². The molecule has 0 unspecified atom stereocenters. The van der Waals surface area contributed by atoms with E-state index in [1.54, 1.807) is 18.3 Å². The van der Waals surface area contributed by atoms with Crippen molar-refractivity contribution >= 4 is 34.5 Å². The van der Waals surface area contributed by atoms with E-state index >= 15 is 0 Å². The summed E-state index contributed by atoms with van der Waals surface area (Å²) in [6.45, 7) is 3.19. The maximum Gasteiger partial charge on any atom is 0.319 e. The first-order valence-electron chi connectivity index (χ1n) is 9.75. The second-order valence-electron chi connectivity index (χ2n) is 7.06. The van der Waals surface area contributed by atoms with Crippen LogP contribution < -0.4 is 10.6 Å². The van der Waals surface area contributed by atoms with Crippen molar-refractivity contribution in [1.82, 2.24) is 19.9 Å². The molecule has 0 atom stereocenters.